The van der Waals surface area contributed by atoms with E-state index in [9.17, 15) is 9.18 Å². The molecular formula is C11H12BrFO3. The first-order valence-electron chi connectivity index (χ1n) is 4.74. The molecule has 1 aromatic rings. The van der Waals surface area contributed by atoms with Gasteiger partial charge < -0.3 is 9.47 Å². The number of alkyl halides is 1. The number of carbonyl (C=O) groups is 1. The van der Waals surface area contributed by atoms with E-state index < -0.39 is 6.67 Å². The molecule has 0 aromatic heterocycles. The molecule has 0 bridgehead atoms. The van der Waals surface area contributed by atoms with Crippen LogP contribution in [0.4, 0.5) is 4.39 Å². The quantitative estimate of drug-likeness (QED) is 0.597. The van der Waals surface area contributed by atoms with Crippen LogP contribution in [0.5, 0.6) is 11.5 Å². The standard InChI is InChI=1S/C11H12BrFO3/c1-15-10-6-8(7-14)5-9(12)11(10)16-4-2-3-13/h5-7H,2-4H2,1H3. The summed E-state index contributed by atoms with van der Waals surface area (Å²) in [4.78, 5) is 10.6. The van der Waals surface area contributed by atoms with Crippen molar-refractivity contribution in [1.82, 2.24) is 0 Å². The lowest BCUT2D eigenvalue weighted by atomic mass is 10.2. The molecule has 0 aliphatic rings. The van der Waals surface area contributed by atoms with Gasteiger partial charge in [-0.25, -0.2) is 0 Å². The van der Waals surface area contributed by atoms with Crippen LogP contribution in [0.25, 0.3) is 0 Å². The van der Waals surface area contributed by atoms with Crippen LogP contribution in [0.1, 0.15) is 16.8 Å². The van der Waals surface area contributed by atoms with E-state index in [1.54, 1.807) is 12.1 Å². The Labute approximate surface area is 102 Å². The molecule has 0 fully saturated rings. The highest BCUT2D eigenvalue weighted by atomic mass is 79.9. The average molecular weight is 291 g/mol. The van der Waals surface area contributed by atoms with Gasteiger partial charge in [0.15, 0.2) is 11.5 Å². The van der Waals surface area contributed by atoms with E-state index in [0.29, 0.717) is 28.0 Å². The van der Waals surface area contributed by atoms with Gasteiger partial charge in [-0.1, -0.05) is 0 Å². The fourth-order valence-electron chi connectivity index (χ4n) is 1.18. The van der Waals surface area contributed by atoms with Crippen LogP contribution < -0.4 is 9.47 Å². The van der Waals surface area contributed by atoms with Crippen molar-refractivity contribution in [2.24, 2.45) is 0 Å². The molecule has 5 heteroatoms. The maximum atomic E-state index is 11.9. The Morgan fingerprint density at radius 1 is 1.50 bits per heavy atom. The number of hydrogen-bond donors (Lipinski definition) is 0. The lowest BCUT2D eigenvalue weighted by Gasteiger charge is -2.12. The Bertz CT molecular complexity index is 368. The molecule has 0 aliphatic heterocycles. The monoisotopic (exact) mass is 290 g/mol. The van der Waals surface area contributed by atoms with Crippen LogP contribution >= 0.6 is 15.9 Å². The second kappa shape index (κ2) is 6.48. The lowest BCUT2D eigenvalue weighted by Crippen LogP contribution is -2.01. The summed E-state index contributed by atoms with van der Waals surface area (Å²) in [6.07, 6.45) is 1.05. The van der Waals surface area contributed by atoms with E-state index in [2.05, 4.69) is 15.9 Å². The smallest absolute Gasteiger partial charge is 0.175 e. The van der Waals surface area contributed by atoms with Crippen LogP contribution in [0.2, 0.25) is 0 Å². The Morgan fingerprint density at radius 3 is 2.81 bits per heavy atom. The van der Waals surface area contributed by atoms with Crippen molar-refractivity contribution in [1.29, 1.82) is 0 Å². The first kappa shape index (κ1) is 13.0. The van der Waals surface area contributed by atoms with Gasteiger partial charge in [0.1, 0.15) is 6.29 Å². The Balaban J connectivity index is 2.92. The van der Waals surface area contributed by atoms with Gasteiger partial charge in [-0.2, -0.15) is 0 Å². The van der Waals surface area contributed by atoms with Crippen molar-refractivity contribution in [2.45, 2.75) is 6.42 Å². The zero-order chi connectivity index (χ0) is 12.0. The Hall–Kier alpha value is -1.10. The van der Waals surface area contributed by atoms with Crippen molar-refractivity contribution >= 4 is 22.2 Å². The van der Waals surface area contributed by atoms with E-state index in [1.807, 2.05) is 0 Å². The number of aldehydes is 1. The largest absolute Gasteiger partial charge is 0.493 e. The minimum Gasteiger partial charge on any atom is -0.493 e. The molecule has 1 aromatic carbocycles. The summed E-state index contributed by atoms with van der Waals surface area (Å²) in [6, 6.07) is 3.20. The summed E-state index contributed by atoms with van der Waals surface area (Å²) >= 11 is 3.27. The highest BCUT2D eigenvalue weighted by molar-refractivity contribution is 9.10. The zero-order valence-electron chi connectivity index (χ0n) is 8.83. The third kappa shape index (κ3) is 3.20. The third-order valence-electron chi connectivity index (χ3n) is 1.91. The molecule has 0 N–H and O–H groups in total. The van der Waals surface area contributed by atoms with Gasteiger partial charge in [0.2, 0.25) is 0 Å². The summed E-state index contributed by atoms with van der Waals surface area (Å²) in [5.74, 6) is 0.942. The summed E-state index contributed by atoms with van der Waals surface area (Å²) < 4.78 is 23.0. The van der Waals surface area contributed by atoms with Crippen LogP contribution in [0.15, 0.2) is 16.6 Å². The first-order valence-corrected chi connectivity index (χ1v) is 5.53. The van der Waals surface area contributed by atoms with E-state index in [0.717, 1.165) is 6.29 Å². The van der Waals surface area contributed by atoms with Crippen LogP contribution in [-0.2, 0) is 0 Å². The topological polar surface area (TPSA) is 35.5 Å². The molecule has 0 spiro atoms. The molecule has 88 valence electrons. The highest BCUT2D eigenvalue weighted by Gasteiger charge is 2.11. The molecule has 0 heterocycles. The molecular weight excluding hydrogens is 279 g/mol. The van der Waals surface area contributed by atoms with Crippen molar-refractivity contribution in [2.75, 3.05) is 20.4 Å². The van der Waals surface area contributed by atoms with Gasteiger partial charge in [-0.05, 0) is 28.1 Å². The Morgan fingerprint density at radius 2 is 2.25 bits per heavy atom. The van der Waals surface area contributed by atoms with Crippen molar-refractivity contribution in [3.05, 3.63) is 22.2 Å². The number of ether oxygens (including phenoxy) is 2. The molecule has 3 nitrogen and oxygen atoms in total. The normalized spacial score (nSPS) is 9.94. The number of methoxy groups -OCH3 is 1. The SMILES string of the molecule is COc1cc(C=O)cc(Br)c1OCCCF. The second-order valence-corrected chi connectivity index (χ2v) is 3.90. The number of benzene rings is 1. The molecule has 0 aliphatic carbocycles. The summed E-state index contributed by atoms with van der Waals surface area (Å²) in [6.45, 7) is -0.155. The molecule has 0 unspecified atom stereocenters. The molecule has 0 saturated carbocycles. The second-order valence-electron chi connectivity index (χ2n) is 3.04. The van der Waals surface area contributed by atoms with E-state index in [1.165, 1.54) is 7.11 Å². The predicted molar refractivity (Wildman–Crippen MR) is 62.2 cm³/mol. The number of rotatable bonds is 6. The zero-order valence-corrected chi connectivity index (χ0v) is 10.4. The maximum absolute atomic E-state index is 11.9. The van der Waals surface area contributed by atoms with Crippen LogP contribution in [-0.4, -0.2) is 26.7 Å². The van der Waals surface area contributed by atoms with Crippen molar-refractivity contribution in [3.63, 3.8) is 0 Å². The third-order valence-corrected chi connectivity index (χ3v) is 2.50. The minimum atomic E-state index is -0.424. The number of halogens is 2. The lowest BCUT2D eigenvalue weighted by molar-refractivity contribution is 0.112. The van der Waals surface area contributed by atoms with Gasteiger partial charge in [-0.15, -0.1) is 0 Å². The first-order chi connectivity index (χ1) is 7.72. The van der Waals surface area contributed by atoms with Gasteiger partial charge in [-0.3, -0.25) is 9.18 Å². The van der Waals surface area contributed by atoms with Crippen molar-refractivity contribution < 1.29 is 18.7 Å². The molecule has 0 amide bonds. The van der Waals surface area contributed by atoms with Gasteiger partial charge in [0.05, 0.1) is 24.9 Å². The Kier molecular flexibility index (Phi) is 5.25. The van der Waals surface area contributed by atoms with E-state index in [4.69, 9.17) is 9.47 Å². The summed E-state index contributed by atoms with van der Waals surface area (Å²) in [7, 11) is 1.48. The summed E-state index contributed by atoms with van der Waals surface area (Å²) in [5, 5.41) is 0. The number of carbonyl (C=O) groups excluding carboxylic acids is 1. The van der Waals surface area contributed by atoms with E-state index >= 15 is 0 Å². The molecule has 16 heavy (non-hydrogen) atoms. The van der Waals surface area contributed by atoms with Gasteiger partial charge in [0.25, 0.3) is 0 Å². The molecule has 0 radical (unpaired) electrons. The average Bonchev–Trinajstić information content (AvgIpc) is 2.30. The fourth-order valence-corrected chi connectivity index (χ4v) is 1.75. The molecule has 0 atom stereocenters. The number of hydrogen-bond acceptors (Lipinski definition) is 3. The van der Waals surface area contributed by atoms with E-state index in [-0.39, 0.29) is 6.61 Å². The van der Waals surface area contributed by atoms with Gasteiger partial charge >= 0.3 is 0 Å². The van der Waals surface area contributed by atoms with Crippen LogP contribution in [0, 0.1) is 0 Å². The predicted octanol–water partition coefficient (Wildman–Crippen LogP) is 3.01. The molecule has 1 rings (SSSR count). The van der Waals surface area contributed by atoms with Crippen molar-refractivity contribution in [3.8, 4) is 11.5 Å². The minimum absolute atomic E-state index is 0.270. The highest BCUT2D eigenvalue weighted by Crippen LogP contribution is 2.36. The summed E-state index contributed by atoms with van der Waals surface area (Å²) in [5.41, 5.74) is 0.488. The van der Waals surface area contributed by atoms with Crippen LogP contribution in [0.3, 0.4) is 0 Å². The fraction of sp³-hybridized carbons (Fsp3) is 0.364. The maximum Gasteiger partial charge on any atom is 0.175 e. The van der Waals surface area contributed by atoms with Gasteiger partial charge in [0, 0.05) is 12.0 Å². The molecule has 0 saturated heterocycles.